The van der Waals surface area contributed by atoms with Crippen LogP contribution in [-0.2, 0) is 6.18 Å². The van der Waals surface area contributed by atoms with Crippen molar-refractivity contribution in [2.24, 2.45) is 0 Å². The van der Waals surface area contributed by atoms with E-state index in [1.54, 1.807) is 54.8 Å². The fraction of sp³-hybridized carbons (Fsp3) is 0.233. The molecule has 2 aromatic heterocycles. The van der Waals surface area contributed by atoms with E-state index in [1.165, 1.54) is 0 Å². The first-order valence-corrected chi connectivity index (χ1v) is 12.6. The maximum Gasteiger partial charge on any atom is 0.416 e. The van der Waals surface area contributed by atoms with Crippen LogP contribution in [0, 0.1) is 6.92 Å². The van der Waals surface area contributed by atoms with Crippen molar-refractivity contribution in [3.63, 3.8) is 0 Å². The molecule has 4 rings (SSSR count). The van der Waals surface area contributed by atoms with Crippen LogP contribution in [0.3, 0.4) is 0 Å². The number of amides is 1. The zero-order valence-corrected chi connectivity index (χ0v) is 22.8. The molecule has 208 valence electrons. The summed E-state index contributed by atoms with van der Waals surface area (Å²) in [5, 5.41) is 5.89. The molecule has 0 bridgehead atoms. The summed E-state index contributed by atoms with van der Waals surface area (Å²) < 4.78 is 41.0. The summed E-state index contributed by atoms with van der Waals surface area (Å²) in [4.78, 5) is 25.4. The third-order valence-electron chi connectivity index (χ3n) is 6.34. The van der Waals surface area contributed by atoms with Gasteiger partial charge in [-0.15, -0.1) is 0 Å². The van der Waals surface area contributed by atoms with Crippen molar-refractivity contribution in [1.29, 1.82) is 0 Å². The van der Waals surface area contributed by atoms with Crippen LogP contribution in [0.15, 0.2) is 79.3 Å². The smallest absolute Gasteiger partial charge is 0.373 e. The normalized spacial score (nSPS) is 11.4. The van der Waals surface area contributed by atoms with Gasteiger partial charge in [0.05, 0.1) is 5.56 Å². The Hall–Kier alpha value is -4.44. The van der Waals surface area contributed by atoms with Crippen LogP contribution < -0.4 is 15.5 Å². The first-order valence-electron chi connectivity index (χ1n) is 12.6. The Balaban J connectivity index is 1.56. The molecule has 0 fully saturated rings. The number of nitrogens with one attached hydrogen (secondary N) is 2. The molecule has 0 aliphatic carbocycles. The second-order valence-electron chi connectivity index (χ2n) is 9.77. The second kappa shape index (κ2) is 12.2. The third kappa shape index (κ3) is 7.35. The maximum atomic E-state index is 13.7. The van der Waals surface area contributed by atoms with Crippen molar-refractivity contribution in [3.05, 3.63) is 95.9 Å². The van der Waals surface area contributed by atoms with E-state index >= 15 is 0 Å². The summed E-state index contributed by atoms with van der Waals surface area (Å²) in [5.41, 5.74) is 3.26. The highest BCUT2D eigenvalue weighted by molar-refractivity contribution is 6.05. The van der Waals surface area contributed by atoms with Crippen molar-refractivity contribution >= 4 is 28.8 Å². The van der Waals surface area contributed by atoms with E-state index in [0.29, 0.717) is 30.3 Å². The molecule has 0 spiro atoms. The molecule has 0 saturated heterocycles. The minimum atomic E-state index is -4.56. The number of hydrogen-bond donors (Lipinski definition) is 2. The Kier molecular flexibility index (Phi) is 8.69. The number of halogens is 3. The molecule has 0 atom stereocenters. The van der Waals surface area contributed by atoms with Crippen LogP contribution in [0.4, 0.5) is 36.1 Å². The van der Waals surface area contributed by atoms with Gasteiger partial charge in [-0.05, 0) is 80.7 Å². The van der Waals surface area contributed by atoms with E-state index in [-0.39, 0.29) is 11.3 Å². The third-order valence-corrected chi connectivity index (χ3v) is 6.34. The Morgan fingerprint density at radius 2 is 1.73 bits per heavy atom. The van der Waals surface area contributed by atoms with Crippen molar-refractivity contribution in [2.45, 2.75) is 13.1 Å². The summed E-state index contributed by atoms with van der Waals surface area (Å²) in [5.74, 6) is 0.0478. The van der Waals surface area contributed by atoms with E-state index in [9.17, 15) is 18.0 Å². The molecule has 7 nitrogen and oxygen atoms in total. The van der Waals surface area contributed by atoms with Gasteiger partial charge in [-0.1, -0.05) is 12.1 Å². The zero-order valence-electron chi connectivity index (χ0n) is 22.8. The van der Waals surface area contributed by atoms with E-state index in [1.807, 2.05) is 50.2 Å². The summed E-state index contributed by atoms with van der Waals surface area (Å²) in [6.45, 7) is 3.07. The Morgan fingerprint density at radius 1 is 0.925 bits per heavy atom. The van der Waals surface area contributed by atoms with Gasteiger partial charge in [-0.25, -0.2) is 4.98 Å². The van der Waals surface area contributed by atoms with Gasteiger partial charge in [-0.3, -0.25) is 9.78 Å². The Bertz CT molecular complexity index is 1470. The van der Waals surface area contributed by atoms with Gasteiger partial charge < -0.3 is 20.4 Å². The fourth-order valence-corrected chi connectivity index (χ4v) is 4.00. The molecular formula is C30H31F3N6O. The highest BCUT2D eigenvalue weighted by Gasteiger charge is 2.31. The lowest BCUT2D eigenvalue weighted by Crippen LogP contribution is -2.28. The number of hydrogen-bond acceptors (Lipinski definition) is 6. The van der Waals surface area contributed by atoms with Gasteiger partial charge in [0.25, 0.3) is 5.91 Å². The fourth-order valence-electron chi connectivity index (χ4n) is 4.00. The number of likely N-dealkylation sites (N-methyl/N-ethyl adjacent to an activating group) is 2. The van der Waals surface area contributed by atoms with Crippen molar-refractivity contribution in [2.75, 3.05) is 49.8 Å². The number of carbonyl (C=O) groups excluding carboxylic acids is 1. The highest BCUT2D eigenvalue weighted by atomic mass is 19.4. The van der Waals surface area contributed by atoms with Crippen LogP contribution in [0.5, 0.6) is 0 Å². The number of carbonyl (C=O) groups is 1. The molecule has 2 heterocycles. The average molecular weight is 549 g/mol. The number of nitrogens with zero attached hydrogens (tertiary/aromatic N) is 4. The van der Waals surface area contributed by atoms with Crippen LogP contribution >= 0.6 is 0 Å². The van der Waals surface area contributed by atoms with Gasteiger partial charge >= 0.3 is 6.18 Å². The van der Waals surface area contributed by atoms with E-state index in [2.05, 4.69) is 20.6 Å². The number of pyridine rings is 2. The van der Waals surface area contributed by atoms with Crippen LogP contribution in [-0.4, -0.2) is 55.0 Å². The van der Waals surface area contributed by atoms with Crippen LogP contribution in [0.25, 0.3) is 11.1 Å². The van der Waals surface area contributed by atoms with Gasteiger partial charge in [0.15, 0.2) is 0 Å². The molecular weight excluding hydrogens is 517 g/mol. The van der Waals surface area contributed by atoms with Crippen molar-refractivity contribution in [3.8, 4) is 11.1 Å². The van der Waals surface area contributed by atoms with Crippen LogP contribution in [0.1, 0.15) is 21.5 Å². The van der Waals surface area contributed by atoms with Crippen LogP contribution in [0.2, 0.25) is 0 Å². The van der Waals surface area contributed by atoms with E-state index < -0.39 is 17.6 Å². The van der Waals surface area contributed by atoms with Gasteiger partial charge in [0, 0.05) is 66.9 Å². The predicted octanol–water partition coefficient (Wildman–Crippen LogP) is 6.46. The summed E-state index contributed by atoms with van der Waals surface area (Å²) in [7, 11) is 5.51. The topological polar surface area (TPSA) is 73.4 Å². The molecule has 40 heavy (non-hydrogen) atoms. The minimum Gasteiger partial charge on any atom is -0.373 e. The molecule has 0 radical (unpaired) electrons. The van der Waals surface area contributed by atoms with Gasteiger partial charge in [0.2, 0.25) is 0 Å². The largest absolute Gasteiger partial charge is 0.416 e. The number of rotatable bonds is 9. The molecule has 2 N–H and O–H groups in total. The number of benzene rings is 2. The lowest BCUT2D eigenvalue weighted by molar-refractivity contribution is -0.137. The SMILES string of the molecule is Cc1ccc(C(=O)Nc2cc(N(C)CCN(C)C)cc(C(F)(F)F)c2)cc1Nc1cc(-c2cccnc2)ccn1. The molecule has 4 aromatic rings. The van der Waals surface area contributed by atoms with Crippen molar-refractivity contribution < 1.29 is 18.0 Å². The summed E-state index contributed by atoms with van der Waals surface area (Å²) >= 11 is 0. The first kappa shape index (κ1) is 28.6. The Labute approximate surface area is 231 Å². The predicted molar refractivity (Wildman–Crippen MR) is 153 cm³/mol. The molecule has 0 aliphatic heterocycles. The monoisotopic (exact) mass is 548 g/mol. The molecule has 10 heteroatoms. The minimum absolute atomic E-state index is 0.0625. The molecule has 1 amide bonds. The zero-order chi connectivity index (χ0) is 28.9. The number of aromatic nitrogens is 2. The van der Waals surface area contributed by atoms with Gasteiger partial charge in [-0.2, -0.15) is 13.2 Å². The Morgan fingerprint density at radius 3 is 2.42 bits per heavy atom. The lowest BCUT2D eigenvalue weighted by Gasteiger charge is -2.23. The average Bonchev–Trinajstić information content (AvgIpc) is 2.93. The first-order chi connectivity index (χ1) is 19.0. The van der Waals surface area contributed by atoms with E-state index in [4.69, 9.17) is 0 Å². The van der Waals surface area contributed by atoms with Gasteiger partial charge in [0.1, 0.15) is 5.82 Å². The molecule has 0 aliphatic rings. The number of aryl methyl sites for hydroxylation is 1. The highest BCUT2D eigenvalue weighted by Crippen LogP contribution is 2.34. The molecule has 0 unspecified atom stereocenters. The summed E-state index contributed by atoms with van der Waals surface area (Å²) in [6, 6.07) is 16.2. The number of anilines is 4. The second-order valence-corrected chi connectivity index (χ2v) is 9.77. The lowest BCUT2D eigenvalue weighted by atomic mass is 10.1. The summed E-state index contributed by atoms with van der Waals surface area (Å²) in [6.07, 6.45) is 0.579. The molecule has 0 saturated carbocycles. The molecule has 2 aromatic carbocycles. The van der Waals surface area contributed by atoms with E-state index in [0.717, 1.165) is 28.8 Å². The maximum absolute atomic E-state index is 13.7. The quantitative estimate of drug-likeness (QED) is 0.250. The standard InChI is InChI=1S/C30H31F3N6O/c1-20-7-8-22(14-27(20)37-28-15-21(9-11-35-28)23-6-5-10-34-19-23)29(40)36-25-16-24(30(31,32)33)17-26(18-25)39(4)13-12-38(2)3/h5-11,14-19H,12-13H2,1-4H3,(H,35,37)(H,36,40). The van der Waals surface area contributed by atoms with Crippen molar-refractivity contribution in [1.82, 2.24) is 14.9 Å². The number of alkyl halides is 3.